The lowest BCUT2D eigenvalue weighted by atomic mass is 9.96. The number of rotatable bonds is 7. The summed E-state index contributed by atoms with van der Waals surface area (Å²) in [4.78, 5) is 34.7. The van der Waals surface area contributed by atoms with Crippen molar-refractivity contribution in [1.82, 2.24) is 14.8 Å². The fourth-order valence-electron chi connectivity index (χ4n) is 5.16. The highest BCUT2D eigenvalue weighted by Gasteiger charge is 2.38. The highest BCUT2D eigenvalue weighted by atomic mass is 32.1. The fourth-order valence-corrected chi connectivity index (χ4v) is 6.25. The minimum atomic E-state index is -0.262. The summed E-state index contributed by atoms with van der Waals surface area (Å²) in [5, 5.41) is 1.11. The Morgan fingerprint density at radius 1 is 1.11 bits per heavy atom. The van der Waals surface area contributed by atoms with Crippen molar-refractivity contribution < 1.29 is 19.1 Å². The van der Waals surface area contributed by atoms with Gasteiger partial charge in [-0.3, -0.25) is 9.59 Å². The van der Waals surface area contributed by atoms with Crippen LogP contribution in [0.2, 0.25) is 0 Å². The molecule has 3 heterocycles. The van der Waals surface area contributed by atoms with Crippen molar-refractivity contribution in [3.05, 3.63) is 53.0 Å². The number of benzene rings is 2. The molecule has 0 spiro atoms. The average molecular weight is 494 g/mol. The van der Waals surface area contributed by atoms with Crippen molar-refractivity contribution in [2.45, 2.75) is 31.6 Å². The Labute approximate surface area is 209 Å². The van der Waals surface area contributed by atoms with Crippen molar-refractivity contribution in [2.24, 2.45) is 5.92 Å². The van der Waals surface area contributed by atoms with Crippen LogP contribution in [0.4, 0.5) is 0 Å². The van der Waals surface area contributed by atoms with Gasteiger partial charge in [0.1, 0.15) is 0 Å². The summed E-state index contributed by atoms with van der Waals surface area (Å²) in [7, 11) is 3.23. The van der Waals surface area contributed by atoms with Gasteiger partial charge in [-0.1, -0.05) is 18.2 Å². The molecule has 2 amide bonds. The van der Waals surface area contributed by atoms with Crippen LogP contribution < -0.4 is 9.47 Å². The zero-order chi connectivity index (χ0) is 24.4. The van der Waals surface area contributed by atoms with E-state index in [2.05, 4.69) is 6.07 Å². The first kappa shape index (κ1) is 23.6. The molecule has 8 heteroatoms. The number of likely N-dealkylation sites (tertiary alicyclic amines) is 2. The van der Waals surface area contributed by atoms with Crippen LogP contribution in [0.5, 0.6) is 11.5 Å². The number of para-hydroxylation sites is 1. The zero-order valence-corrected chi connectivity index (χ0v) is 21.1. The Morgan fingerprint density at radius 3 is 2.74 bits per heavy atom. The highest BCUT2D eigenvalue weighted by molar-refractivity contribution is 7.18. The molecule has 2 atom stereocenters. The first-order valence-electron chi connectivity index (χ1n) is 12.2. The van der Waals surface area contributed by atoms with Gasteiger partial charge in [0.25, 0.3) is 0 Å². The lowest BCUT2D eigenvalue weighted by Gasteiger charge is -2.33. The molecule has 184 valence electrons. The SMILES string of the molecule is COc1ccc(CCN2C[C@@H](C(=O)N3CCC[C@@H](c4nc5ccccc5s4)C3)CC2=O)cc1OC. The van der Waals surface area contributed by atoms with Gasteiger partial charge < -0.3 is 19.3 Å². The summed E-state index contributed by atoms with van der Waals surface area (Å²) in [5.41, 5.74) is 2.10. The second kappa shape index (κ2) is 10.2. The van der Waals surface area contributed by atoms with Crippen LogP contribution in [0.15, 0.2) is 42.5 Å². The standard InChI is InChI=1S/C27H31N3O4S/c1-33-22-10-9-18(14-23(22)34-2)11-13-29-17-20(15-25(29)31)27(32)30-12-5-6-19(16-30)26-28-21-7-3-4-8-24(21)35-26/h3-4,7-10,14,19-20H,5-6,11-13,15-17H2,1-2H3/t19-,20+/m1/s1. The van der Waals surface area contributed by atoms with E-state index in [1.165, 1.54) is 4.70 Å². The van der Waals surface area contributed by atoms with Crippen molar-refractivity contribution in [1.29, 1.82) is 0 Å². The van der Waals surface area contributed by atoms with E-state index < -0.39 is 0 Å². The van der Waals surface area contributed by atoms with Crippen LogP contribution in [0.25, 0.3) is 10.2 Å². The molecule has 0 aliphatic carbocycles. The molecule has 1 aromatic heterocycles. The van der Waals surface area contributed by atoms with Gasteiger partial charge in [-0.05, 0) is 49.1 Å². The van der Waals surface area contributed by atoms with E-state index in [0.29, 0.717) is 44.0 Å². The number of thiazole rings is 1. The van der Waals surface area contributed by atoms with Crippen molar-refractivity contribution in [2.75, 3.05) is 40.4 Å². The molecule has 0 saturated carbocycles. The first-order chi connectivity index (χ1) is 17.1. The third-order valence-electron chi connectivity index (χ3n) is 7.07. The number of methoxy groups -OCH3 is 2. The van der Waals surface area contributed by atoms with Gasteiger partial charge in [0.05, 0.1) is 35.4 Å². The van der Waals surface area contributed by atoms with Crippen molar-refractivity contribution >= 4 is 33.4 Å². The van der Waals surface area contributed by atoms with Gasteiger partial charge in [0.2, 0.25) is 11.8 Å². The molecule has 35 heavy (non-hydrogen) atoms. The van der Waals surface area contributed by atoms with E-state index in [1.54, 1.807) is 25.6 Å². The summed E-state index contributed by atoms with van der Waals surface area (Å²) in [6.45, 7) is 2.53. The van der Waals surface area contributed by atoms with E-state index in [1.807, 2.05) is 46.2 Å². The maximum Gasteiger partial charge on any atom is 0.228 e. The Hall–Kier alpha value is -3.13. The predicted octanol–water partition coefficient (Wildman–Crippen LogP) is 4.11. The molecular formula is C27H31N3O4S. The van der Waals surface area contributed by atoms with Crippen LogP contribution >= 0.6 is 11.3 Å². The molecule has 2 aliphatic heterocycles. The molecular weight excluding hydrogens is 462 g/mol. The Balaban J connectivity index is 1.19. The number of nitrogens with zero attached hydrogens (tertiary/aromatic N) is 3. The van der Waals surface area contributed by atoms with Crippen LogP contribution in [0.3, 0.4) is 0 Å². The number of amides is 2. The quantitative estimate of drug-likeness (QED) is 0.495. The maximum atomic E-state index is 13.4. The lowest BCUT2D eigenvalue weighted by Crippen LogP contribution is -2.43. The van der Waals surface area contributed by atoms with Crippen molar-refractivity contribution in [3.63, 3.8) is 0 Å². The molecule has 3 aromatic rings. The number of hydrogen-bond donors (Lipinski definition) is 0. The van der Waals surface area contributed by atoms with Crippen molar-refractivity contribution in [3.8, 4) is 11.5 Å². The molecule has 0 radical (unpaired) electrons. The molecule has 7 nitrogen and oxygen atoms in total. The number of hydrogen-bond acceptors (Lipinski definition) is 6. The number of fused-ring (bicyclic) bond motifs is 1. The molecule has 2 fully saturated rings. The van der Waals surface area contributed by atoms with Crippen LogP contribution in [-0.4, -0.2) is 67.0 Å². The maximum absolute atomic E-state index is 13.4. The minimum absolute atomic E-state index is 0.0589. The summed E-state index contributed by atoms with van der Waals surface area (Å²) < 4.78 is 11.9. The Kier molecular flexibility index (Phi) is 6.90. The second-order valence-electron chi connectivity index (χ2n) is 9.32. The van der Waals surface area contributed by atoms with Gasteiger partial charge in [-0.2, -0.15) is 0 Å². The van der Waals surface area contributed by atoms with Gasteiger partial charge >= 0.3 is 0 Å². The minimum Gasteiger partial charge on any atom is -0.493 e. The van der Waals surface area contributed by atoms with E-state index in [-0.39, 0.29) is 23.7 Å². The van der Waals surface area contributed by atoms with Gasteiger partial charge in [-0.25, -0.2) is 4.98 Å². The van der Waals surface area contributed by atoms with E-state index in [0.717, 1.165) is 35.5 Å². The van der Waals surface area contributed by atoms with E-state index in [4.69, 9.17) is 14.5 Å². The Morgan fingerprint density at radius 2 is 1.94 bits per heavy atom. The summed E-state index contributed by atoms with van der Waals surface area (Å²) in [6, 6.07) is 14.0. The summed E-state index contributed by atoms with van der Waals surface area (Å²) >= 11 is 1.73. The Bertz CT molecular complexity index is 1190. The van der Waals surface area contributed by atoms with Gasteiger partial charge in [0.15, 0.2) is 11.5 Å². The fraction of sp³-hybridized carbons (Fsp3) is 0.444. The smallest absolute Gasteiger partial charge is 0.228 e. The normalized spacial score (nSPS) is 20.5. The molecule has 5 rings (SSSR count). The van der Waals surface area contributed by atoms with Crippen LogP contribution in [0.1, 0.15) is 35.8 Å². The zero-order valence-electron chi connectivity index (χ0n) is 20.2. The second-order valence-corrected chi connectivity index (χ2v) is 10.4. The molecule has 0 bridgehead atoms. The largest absolute Gasteiger partial charge is 0.493 e. The third-order valence-corrected chi connectivity index (χ3v) is 8.27. The molecule has 0 N–H and O–H groups in total. The molecule has 2 aromatic carbocycles. The number of aromatic nitrogens is 1. The number of piperidine rings is 1. The average Bonchev–Trinajstić information content (AvgIpc) is 3.50. The van der Waals surface area contributed by atoms with Gasteiger partial charge in [0, 0.05) is 38.5 Å². The topological polar surface area (TPSA) is 72.0 Å². The van der Waals surface area contributed by atoms with Gasteiger partial charge in [-0.15, -0.1) is 11.3 Å². The first-order valence-corrected chi connectivity index (χ1v) is 13.0. The molecule has 0 unspecified atom stereocenters. The molecule has 2 saturated heterocycles. The number of carbonyl (C=O) groups excluding carboxylic acids is 2. The van der Waals surface area contributed by atoms with E-state index in [9.17, 15) is 9.59 Å². The summed E-state index contributed by atoms with van der Waals surface area (Å²) in [5.74, 6) is 1.54. The number of ether oxygens (including phenoxy) is 2. The number of carbonyl (C=O) groups is 2. The third kappa shape index (κ3) is 4.98. The lowest BCUT2D eigenvalue weighted by molar-refractivity contribution is -0.137. The van der Waals surface area contributed by atoms with Crippen LogP contribution in [-0.2, 0) is 16.0 Å². The monoisotopic (exact) mass is 493 g/mol. The highest BCUT2D eigenvalue weighted by Crippen LogP contribution is 2.34. The van der Waals surface area contributed by atoms with Crippen LogP contribution in [0, 0.1) is 5.92 Å². The van der Waals surface area contributed by atoms with E-state index >= 15 is 0 Å². The summed E-state index contributed by atoms with van der Waals surface area (Å²) in [6.07, 6.45) is 3.02. The molecule has 2 aliphatic rings. The predicted molar refractivity (Wildman–Crippen MR) is 136 cm³/mol.